The molecule has 2 unspecified atom stereocenters. The summed E-state index contributed by atoms with van der Waals surface area (Å²) in [5, 5.41) is 42.4. The van der Waals surface area contributed by atoms with Crippen molar-refractivity contribution in [2.45, 2.75) is 119 Å². The van der Waals surface area contributed by atoms with Crippen LogP contribution in [-0.2, 0) is 28.4 Å². The molecule has 2 aromatic rings. The number of amides is 1. The predicted octanol–water partition coefficient (Wildman–Crippen LogP) is 3.28. The summed E-state index contributed by atoms with van der Waals surface area (Å²) in [6.45, 7) is 7.87. The molecule has 2 spiro atoms. The van der Waals surface area contributed by atoms with Crippen molar-refractivity contribution >= 4 is 22.0 Å². The van der Waals surface area contributed by atoms with E-state index in [0.717, 1.165) is 52.0 Å². The van der Waals surface area contributed by atoms with E-state index in [4.69, 9.17) is 14.2 Å². The van der Waals surface area contributed by atoms with Crippen molar-refractivity contribution in [1.29, 1.82) is 0 Å². The molecule has 4 bridgehead atoms. The van der Waals surface area contributed by atoms with Crippen molar-refractivity contribution < 1.29 is 39.4 Å². The van der Waals surface area contributed by atoms with Gasteiger partial charge in [0.15, 0.2) is 0 Å². The molecule has 49 heavy (non-hydrogen) atoms. The van der Waals surface area contributed by atoms with Gasteiger partial charge in [-0.2, -0.15) is 0 Å². The summed E-state index contributed by atoms with van der Waals surface area (Å²) in [4.78, 5) is 16.9. The van der Waals surface area contributed by atoms with Crippen LogP contribution in [0.1, 0.15) is 66.0 Å². The standard InChI is InChI=1S/C20H24BrNO5.C18H23NO3/c1-3-26-19(25)22-5-4-20-11-8-14(23)16(24)18(20)27-17-9(2)6-12(21)10(15(17)20)7-13(11)22;1-9-3-4-10-7-12-11-8-13(20)15(21)17-18(11,5-6-19(12)2)14(10)16(9)22-17/h6,11,13-14,16,18,23-24H,3-5,7-8H2,1-2H3;3-4,11-13,15,17,20-21H,5-8H2,1-2H3/t11-,13+,14+,16?,18-,20-;11-,12+,13+,15?,17-,18-/m00/s1. The van der Waals surface area contributed by atoms with Gasteiger partial charge in [-0.15, -0.1) is 0 Å². The number of likely N-dealkylation sites (tertiary alicyclic amines) is 2. The molecule has 2 aromatic carbocycles. The Morgan fingerprint density at radius 2 is 1.51 bits per heavy atom. The number of halogens is 1. The zero-order chi connectivity index (χ0) is 34.3. The molecule has 10 nitrogen and oxygen atoms in total. The summed E-state index contributed by atoms with van der Waals surface area (Å²) in [6.07, 6.45) is 0.330. The van der Waals surface area contributed by atoms with Gasteiger partial charge in [0.1, 0.15) is 35.9 Å². The van der Waals surface area contributed by atoms with Crippen molar-refractivity contribution in [3.8, 4) is 11.5 Å². The van der Waals surface area contributed by atoms with Crippen LogP contribution in [0.2, 0.25) is 0 Å². The van der Waals surface area contributed by atoms with Gasteiger partial charge in [-0.05, 0) is 113 Å². The van der Waals surface area contributed by atoms with E-state index < -0.39 is 30.5 Å². The van der Waals surface area contributed by atoms with Gasteiger partial charge in [0.25, 0.3) is 0 Å². The molecule has 0 aromatic heterocycles. The minimum atomic E-state index is -0.924. The van der Waals surface area contributed by atoms with E-state index in [9.17, 15) is 25.2 Å². The third kappa shape index (κ3) is 4.09. The Morgan fingerprint density at radius 3 is 2.18 bits per heavy atom. The molecule has 0 radical (unpaired) electrons. The Morgan fingerprint density at radius 1 is 0.898 bits per heavy atom. The number of hydrogen-bond donors (Lipinski definition) is 4. The van der Waals surface area contributed by atoms with E-state index in [0.29, 0.717) is 50.8 Å². The van der Waals surface area contributed by atoms with Crippen LogP contribution in [0.25, 0.3) is 0 Å². The SMILES string of the molecule is CCOC(=O)N1CC[C@]23c4c5c(Br)cc(C)c4O[C@H]2C(O)[C@H](O)C[C@H]3[C@H]1C5.Cc1ccc2c3c1O[C@H]1C(O)[C@H](O)C[C@H]4[C@@H](C2)N(C)CC[C@]314. The summed E-state index contributed by atoms with van der Waals surface area (Å²) in [7, 11) is 2.19. The number of aliphatic hydroxyl groups excluding tert-OH is 4. The number of likely N-dealkylation sites (N-methyl/N-ethyl adjacent to an activating group) is 1. The second kappa shape index (κ2) is 11.0. The smallest absolute Gasteiger partial charge is 0.410 e. The number of benzene rings is 2. The van der Waals surface area contributed by atoms with E-state index in [1.807, 2.05) is 18.7 Å². The Bertz CT molecular complexity index is 1740. The average molecular weight is 740 g/mol. The van der Waals surface area contributed by atoms with Gasteiger partial charge < -0.3 is 44.4 Å². The minimum Gasteiger partial charge on any atom is -0.486 e. The first kappa shape index (κ1) is 32.5. The molecule has 12 atom stereocenters. The van der Waals surface area contributed by atoms with Gasteiger partial charge >= 0.3 is 6.09 Å². The Labute approximate surface area is 295 Å². The first-order valence-corrected chi connectivity index (χ1v) is 18.9. The first-order chi connectivity index (χ1) is 23.4. The highest BCUT2D eigenvalue weighted by Gasteiger charge is 2.69. The number of aryl methyl sites for hydroxylation is 2. The lowest BCUT2D eigenvalue weighted by molar-refractivity contribution is -0.150. The summed E-state index contributed by atoms with van der Waals surface area (Å²) < 4.78 is 19.0. The quantitative estimate of drug-likeness (QED) is 0.348. The minimum absolute atomic E-state index is 0.0431. The van der Waals surface area contributed by atoms with Crippen molar-refractivity contribution in [2.75, 3.05) is 26.7 Å². The second-order valence-electron chi connectivity index (χ2n) is 16.0. The number of carbonyl (C=O) groups excluding carboxylic acids is 1. The van der Waals surface area contributed by atoms with Gasteiger partial charge in [0.05, 0.1) is 18.8 Å². The Balaban J connectivity index is 0.000000135. The number of piperidine rings is 2. The zero-order valence-corrected chi connectivity index (χ0v) is 30.1. The highest BCUT2D eigenvalue weighted by Crippen LogP contribution is 2.65. The lowest BCUT2D eigenvalue weighted by Crippen LogP contribution is -2.70. The van der Waals surface area contributed by atoms with E-state index in [1.54, 1.807) is 0 Å². The first-order valence-electron chi connectivity index (χ1n) is 18.1. The Hall–Kier alpha value is -2.41. The fourth-order valence-electron chi connectivity index (χ4n) is 12.0. The van der Waals surface area contributed by atoms with E-state index in [-0.39, 0.29) is 35.0 Å². The van der Waals surface area contributed by atoms with Crippen molar-refractivity contribution in [2.24, 2.45) is 11.8 Å². The third-order valence-corrected chi connectivity index (χ3v) is 14.7. The molecule has 4 aliphatic heterocycles. The zero-order valence-electron chi connectivity index (χ0n) is 28.6. The monoisotopic (exact) mass is 738 g/mol. The summed E-state index contributed by atoms with van der Waals surface area (Å²) >= 11 is 3.72. The number of aliphatic hydroxyl groups is 4. The molecule has 4 heterocycles. The maximum atomic E-state index is 12.6. The molecule has 4 N–H and O–H groups in total. The normalized spacial score (nSPS) is 41.4. The summed E-state index contributed by atoms with van der Waals surface area (Å²) in [6, 6.07) is 6.82. The number of ether oxygens (including phenoxy) is 3. The second-order valence-corrected chi connectivity index (χ2v) is 16.8. The predicted molar refractivity (Wildman–Crippen MR) is 183 cm³/mol. The van der Waals surface area contributed by atoms with Crippen molar-refractivity contribution in [1.82, 2.24) is 9.80 Å². The van der Waals surface area contributed by atoms with Crippen molar-refractivity contribution in [3.63, 3.8) is 0 Å². The fraction of sp³-hybridized carbons (Fsp3) is 0.658. The highest BCUT2D eigenvalue weighted by molar-refractivity contribution is 9.10. The lowest BCUT2D eigenvalue weighted by atomic mass is 9.51. The Kier molecular flexibility index (Phi) is 7.32. The largest absolute Gasteiger partial charge is 0.486 e. The molecule has 11 heteroatoms. The molecule has 4 fully saturated rings. The van der Waals surface area contributed by atoms with Gasteiger partial charge in [-0.3, -0.25) is 0 Å². The third-order valence-electron chi connectivity index (χ3n) is 14.0. The van der Waals surface area contributed by atoms with Crippen LogP contribution in [0.5, 0.6) is 11.5 Å². The van der Waals surface area contributed by atoms with Crippen LogP contribution in [-0.4, -0.2) is 112 Å². The van der Waals surface area contributed by atoms with Gasteiger partial charge in [0.2, 0.25) is 0 Å². The number of nitrogens with zero attached hydrogens (tertiary/aromatic N) is 2. The van der Waals surface area contributed by atoms with Crippen LogP contribution < -0.4 is 9.47 Å². The molecule has 2 saturated heterocycles. The molecular weight excluding hydrogens is 692 g/mol. The molecular formula is C38H47BrN2O8. The maximum Gasteiger partial charge on any atom is 0.410 e. The molecule has 4 aliphatic carbocycles. The van der Waals surface area contributed by atoms with Crippen LogP contribution in [0.15, 0.2) is 22.7 Å². The summed E-state index contributed by atoms with van der Waals surface area (Å²) in [5.74, 6) is 2.27. The van der Waals surface area contributed by atoms with E-state index >= 15 is 0 Å². The van der Waals surface area contributed by atoms with Crippen LogP contribution >= 0.6 is 15.9 Å². The van der Waals surface area contributed by atoms with Crippen molar-refractivity contribution in [3.05, 3.63) is 56.1 Å². The number of hydrogen-bond acceptors (Lipinski definition) is 9. The molecule has 1 amide bonds. The van der Waals surface area contributed by atoms with E-state index in [2.05, 4.69) is 53.0 Å². The lowest BCUT2D eigenvalue weighted by Gasteiger charge is -2.59. The molecule has 8 aliphatic rings. The van der Waals surface area contributed by atoms with Gasteiger partial charge in [0, 0.05) is 45.1 Å². The molecule has 2 saturated carbocycles. The van der Waals surface area contributed by atoms with Gasteiger partial charge in [-0.1, -0.05) is 28.1 Å². The van der Waals surface area contributed by atoms with Crippen LogP contribution in [0.3, 0.4) is 0 Å². The summed E-state index contributed by atoms with van der Waals surface area (Å²) in [5.41, 5.74) is 6.84. The van der Waals surface area contributed by atoms with Gasteiger partial charge in [-0.25, -0.2) is 4.79 Å². The average Bonchev–Trinajstić information content (AvgIpc) is 3.60. The number of rotatable bonds is 1. The molecule has 10 rings (SSSR count). The maximum absolute atomic E-state index is 12.6. The topological polar surface area (TPSA) is 132 Å². The van der Waals surface area contributed by atoms with E-state index in [1.165, 1.54) is 16.7 Å². The van der Waals surface area contributed by atoms with Crippen LogP contribution in [0.4, 0.5) is 4.79 Å². The fourth-order valence-corrected chi connectivity index (χ4v) is 12.7. The highest BCUT2D eigenvalue weighted by atomic mass is 79.9. The van der Waals surface area contributed by atoms with Crippen LogP contribution in [0, 0.1) is 25.7 Å². The molecule has 264 valence electrons. The number of carbonyl (C=O) groups is 1.